The molecule has 1 unspecified atom stereocenters. The Labute approximate surface area is 123 Å². The molecule has 6 nitrogen and oxygen atoms in total. The minimum atomic E-state index is 0.297. The zero-order valence-corrected chi connectivity index (χ0v) is 12.2. The van der Waals surface area contributed by atoms with E-state index in [0.29, 0.717) is 35.0 Å². The third-order valence-electron chi connectivity index (χ3n) is 3.84. The number of hydrogen-bond acceptors (Lipinski definition) is 5. The lowest BCUT2D eigenvalue weighted by atomic mass is 10.2. The number of aromatic nitrogens is 3. The molecule has 0 aromatic carbocycles. The van der Waals surface area contributed by atoms with Gasteiger partial charge in [-0.05, 0) is 50.3 Å². The molecule has 6 heteroatoms. The topological polar surface area (TPSA) is 92.5 Å². The van der Waals surface area contributed by atoms with Crippen LogP contribution in [0.25, 0.3) is 5.82 Å². The molecule has 0 amide bonds. The highest BCUT2D eigenvalue weighted by molar-refractivity contribution is 5.66. The van der Waals surface area contributed by atoms with E-state index >= 15 is 0 Å². The molecule has 3 rings (SSSR count). The molecule has 0 bridgehead atoms. The first-order valence-corrected chi connectivity index (χ1v) is 7.08. The van der Waals surface area contributed by atoms with Crippen LogP contribution in [0.5, 0.6) is 0 Å². The van der Waals surface area contributed by atoms with Crippen LogP contribution in [0.3, 0.4) is 0 Å². The quantitative estimate of drug-likeness (QED) is 0.897. The second-order valence-electron chi connectivity index (χ2n) is 5.59. The highest BCUT2D eigenvalue weighted by Crippen LogP contribution is 2.35. The van der Waals surface area contributed by atoms with Crippen molar-refractivity contribution in [3.8, 4) is 11.9 Å². The molecule has 0 spiro atoms. The number of nitrogen functional groups attached to an aromatic ring is 1. The maximum atomic E-state index is 9.34. The summed E-state index contributed by atoms with van der Waals surface area (Å²) in [5.41, 5.74) is 7.51. The van der Waals surface area contributed by atoms with E-state index in [9.17, 15) is 5.26 Å². The van der Waals surface area contributed by atoms with Gasteiger partial charge in [0.15, 0.2) is 11.6 Å². The second-order valence-corrected chi connectivity index (χ2v) is 5.59. The molecule has 0 radical (unpaired) electrons. The van der Waals surface area contributed by atoms with Gasteiger partial charge in [0.05, 0.1) is 0 Å². The van der Waals surface area contributed by atoms with E-state index in [1.807, 2.05) is 19.1 Å². The minimum Gasteiger partial charge on any atom is -0.382 e. The van der Waals surface area contributed by atoms with Crippen molar-refractivity contribution in [2.24, 2.45) is 5.92 Å². The fraction of sp³-hybridized carbons (Fsp3) is 0.400. The van der Waals surface area contributed by atoms with Crippen molar-refractivity contribution in [3.05, 3.63) is 29.5 Å². The van der Waals surface area contributed by atoms with Crippen molar-refractivity contribution in [1.82, 2.24) is 14.8 Å². The first-order chi connectivity index (χ1) is 10.1. The Morgan fingerprint density at radius 2 is 2.29 bits per heavy atom. The Kier molecular flexibility index (Phi) is 3.26. The Morgan fingerprint density at radius 1 is 1.52 bits per heavy atom. The molecule has 1 saturated carbocycles. The monoisotopic (exact) mass is 282 g/mol. The smallest absolute Gasteiger partial charge is 0.169 e. The standard InChI is InChI=1S/C15H18N6/c1-9-5-6-18-13(7-9)21-14(17)12(8-16)15(20-21)19-10(2)11-3-4-11/h5-7,10-11H,3-4,17H2,1-2H3,(H,19,20). The zero-order chi connectivity index (χ0) is 15.0. The van der Waals surface area contributed by atoms with Crippen molar-refractivity contribution >= 4 is 11.6 Å². The maximum Gasteiger partial charge on any atom is 0.169 e. The van der Waals surface area contributed by atoms with Crippen LogP contribution in [0.15, 0.2) is 18.3 Å². The van der Waals surface area contributed by atoms with Crippen LogP contribution in [0.2, 0.25) is 0 Å². The summed E-state index contributed by atoms with van der Waals surface area (Å²) in [5, 5.41) is 17.1. The molecule has 21 heavy (non-hydrogen) atoms. The number of nitriles is 1. The molecule has 2 aromatic heterocycles. The molecule has 1 aliphatic carbocycles. The van der Waals surface area contributed by atoms with Gasteiger partial charge in [-0.3, -0.25) is 0 Å². The van der Waals surface area contributed by atoms with Crippen LogP contribution in [-0.2, 0) is 0 Å². The highest BCUT2D eigenvalue weighted by atomic mass is 15.4. The summed E-state index contributed by atoms with van der Waals surface area (Å²) in [5.74, 6) is 2.15. The molecular formula is C15H18N6. The minimum absolute atomic E-state index is 0.297. The molecule has 2 heterocycles. The lowest BCUT2D eigenvalue weighted by Crippen LogP contribution is -2.18. The number of nitrogens with zero attached hydrogens (tertiary/aromatic N) is 4. The average Bonchev–Trinajstić information content (AvgIpc) is 3.25. The zero-order valence-electron chi connectivity index (χ0n) is 12.2. The molecule has 2 aromatic rings. The maximum absolute atomic E-state index is 9.34. The number of pyridine rings is 1. The van der Waals surface area contributed by atoms with E-state index in [1.165, 1.54) is 17.5 Å². The number of rotatable bonds is 4. The van der Waals surface area contributed by atoms with E-state index in [4.69, 9.17) is 5.73 Å². The molecule has 1 fully saturated rings. The van der Waals surface area contributed by atoms with Gasteiger partial charge in [0.25, 0.3) is 0 Å². The van der Waals surface area contributed by atoms with E-state index < -0.39 is 0 Å². The van der Waals surface area contributed by atoms with Gasteiger partial charge >= 0.3 is 0 Å². The van der Waals surface area contributed by atoms with Crippen LogP contribution in [-0.4, -0.2) is 20.8 Å². The van der Waals surface area contributed by atoms with E-state index in [1.54, 1.807) is 6.20 Å². The summed E-state index contributed by atoms with van der Waals surface area (Å²) < 4.78 is 1.52. The fourth-order valence-electron chi connectivity index (χ4n) is 2.38. The third kappa shape index (κ3) is 2.55. The van der Waals surface area contributed by atoms with E-state index in [2.05, 4.69) is 28.4 Å². The Bertz CT molecular complexity index is 707. The van der Waals surface area contributed by atoms with Gasteiger partial charge in [-0.1, -0.05) is 0 Å². The van der Waals surface area contributed by atoms with Crippen LogP contribution in [0, 0.1) is 24.2 Å². The molecule has 108 valence electrons. The number of aryl methyl sites for hydroxylation is 1. The third-order valence-corrected chi connectivity index (χ3v) is 3.84. The number of nitrogens with two attached hydrogens (primary N) is 1. The Morgan fingerprint density at radius 3 is 2.90 bits per heavy atom. The molecular weight excluding hydrogens is 264 g/mol. The molecule has 0 saturated heterocycles. The predicted molar refractivity (Wildman–Crippen MR) is 81.0 cm³/mol. The lowest BCUT2D eigenvalue weighted by Gasteiger charge is -2.11. The first-order valence-electron chi connectivity index (χ1n) is 7.08. The van der Waals surface area contributed by atoms with Crippen molar-refractivity contribution in [3.63, 3.8) is 0 Å². The lowest BCUT2D eigenvalue weighted by molar-refractivity contribution is 0.687. The van der Waals surface area contributed by atoms with E-state index in [-0.39, 0.29) is 0 Å². The van der Waals surface area contributed by atoms with Crippen molar-refractivity contribution in [2.75, 3.05) is 11.1 Å². The van der Waals surface area contributed by atoms with Crippen molar-refractivity contribution < 1.29 is 0 Å². The van der Waals surface area contributed by atoms with Gasteiger partial charge in [0.2, 0.25) is 0 Å². The van der Waals surface area contributed by atoms with Gasteiger partial charge in [-0.2, -0.15) is 9.94 Å². The molecule has 1 aliphatic rings. The largest absolute Gasteiger partial charge is 0.382 e. The fourth-order valence-corrected chi connectivity index (χ4v) is 2.38. The number of hydrogen-bond donors (Lipinski definition) is 2. The van der Waals surface area contributed by atoms with Gasteiger partial charge in [0.1, 0.15) is 17.5 Å². The SMILES string of the molecule is Cc1ccnc(-n2nc(NC(C)C3CC3)c(C#N)c2N)c1. The van der Waals surface area contributed by atoms with Crippen LogP contribution in [0.1, 0.15) is 30.9 Å². The number of nitrogens with one attached hydrogen (secondary N) is 1. The number of anilines is 2. The Balaban J connectivity index is 1.98. The van der Waals surface area contributed by atoms with Gasteiger partial charge in [-0.15, -0.1) is 5.10 Å². The summed E-state index contributed by atoms with van der Waals surface area (Å²) in [6, 6.07) is 6.22. The summed E-state index contributed by atoms with van der Waals surface area (Å²) >= 11 is 0. The van der Waals surface area contributed by atoms with E-state index in [0.717, 1.165) is 5.56 Å². The molecule has 0 aliphatic heterocycles. The molecule has 1 atom stereocenters. The normalized spacial score (nSPS) is 15.5. The second kappa shape index (κ2) is 5.09. The summed E-state index contributed by atoms with van der Waals surface area (Å²) in [6.45, 7) is 4.09. The first kappa shape index (κ1) is 13.4. The predicted octanol–water partition coefficient (Wildman–Crippen LogP) is 2.24. The summed E-state index contributed by atoms with van der Waals surface area (Å²) in [7, 11) is 0. The average molecular weight is 282 g/mol. The van der Waals surface area contributed by atoms with Crippen molar-refractivity contribution in [2.45, 2.75) is 32.7 Å². The molecule has 3 N–H and O–H groups in total. The van der Waals surface area contributed by atoms with Gasteiger partial charge < -0.3 is 11.1 Å². The summed E-state index contributed by atoms with van der Waals surface area (Å²) in [6.07, 6.45) is 4.16. The highest BCUT2D eigenvalue weighted by Gasteiger charge is 2.29. The van der Waals surface area contributed by atoms with Crippen LogP contribution < -0.4 is 11.1 Å². The van der Waals surface area contributed by atoms with Crippen LogP contribution >= 0.6 is 0 Å². The van der Waals surface area contributed by atoms with Gasteiger partial charge in [0, 0.05) is 12.2 Å². The Hall–Kier alpha value is -2.55. The van der Waals surface area contributed by atoms with Gasteiger partial charge in [-0.25, -0.2) is 4.98 Å². The summed E-state index contributed by atoms with van der Waals surface area (Å²) in [4.78, 5) is 4.27. The van der Waals surface area contributed by atoms with Crippen molar-refractivity contribution in [1.29, 1.82) is 5.26 Å². The van der Waals surface area contributed by atoms with Crippen LogP contribution in [0.4, 0.5) is 11.6 Å².